The Bertz CT molecular complexity index is 558. The van der Waals surface area contributed by atoms with Gasteiger partial charge in [0.15, 0.2) is 0 Å². The lowest BCUT2D eigenvalue weighted by atomic mass is 10.2. The average molecular weight is 257 g/mol. The first-order valence-electron chi connectivity index (χ1n) is 5.92. The van der Waals surface area contributed by atoms with Crippen LogP contribution in [0.15, 0.2) is 42.7 Å². The van der Waals surface area contributed by atoms with E-state index >= 15 is 0 Å². The van der Waals surface area contributed by atoms with Gasteiger partial charge in [0.25, 0.3) is 0 Å². The molecule has 2 aromatic rings. The maximum atomic E-state index is 10.8. The van der Waals surface area contributed by atoms with Crippen molar-refractivity contribution in [3.63, 3.8) is 0 Å². The van der Waals surface area contributed by atoms with Gasteiger partial charge in [0.2, 0.25) is 0 Å². The molecule has 0 spiro atoms. The first-order chi connectivity index (χ1) is 9.15. The summed E-state index contributed by atoms with van der Waals surface area (Å²) in [6, 6.07) is 9.21. The molecule has 0 saturated carbocycles. The maximum absolute atomic E-state index is 10.8. The maximum Gasteiger partial charge on any atom is 0.354 e. The van der Waals surface area contributed by atoms with Crippen molar-refractivity contribution in [3.05, 3.63) is 59.7 Å². The molecule has 0 unspecified atom stereocenters. The number of aromatic nitrogens is 2. The molecule has 2 rings (SSSR count). The van der Waals surface area contributed by atoms with E-state index in [0.717, 1.165) is 11.3 Å². The summed E-state index contributed by atoms with van der Waals surface area (Å²) in [4.78, 5) is 21.0. The number of pyridine rings is 2. The zero-order chi connectivity index (χ0) is 13.7. The van der Waals surface area contributed by atoms with Crippen LogP contribution in [0, 0.1) is 0 Å². The van der Waals surface area contributed by atoms with Gasteiger partial charge in [-0.1, -0.05) is 6.07 Å². The van der Waals surface area contributed by atoms with Gasteiger partial charge in [0.05, 0.1) is 5.69 Å². The van der Waals surface area contributed by atoms with Crippen LogP contribution in [-0.2, 0) is 13.1 Å². The molecule has 2 aromatic heterocycles. The highest BCUT2D eigenvalue weighted by molar-refractivity contribution is 5.85. The predicted octanol–water partition coefficient (Wildman–Crippen LogP) is 1.81. The van der Waals surface area contributed by atoms with Crippen molar-refractivity contribution in [1.29, 1.82) is 0 Å². The van der Waals surface area contributed by atoms with Gasteiger partial charge >= 0.3 is 5.97 Å². The van der Waals surface area contributed by atoms with Crippen LogP contribution >= 0.6 is 0 Å². The van der Waals surface area contributed by atoms with E-state index in [1.165, 1.54) is 6.20 Å². The van der Waals surface area contributed by atoms with E-state index in [1.807, 2.05) is 31.3 Å². The zero-order valence-corrected chi connectivity index (χ0v) is 10.7. The van der Waals surface area contributed by atoms with Crippen LogP contribution in [-0.4, -0.2) is 33.0 Å². The van der Waals surface area contributed by atoms with Crippen molar-refractivity contribution in [1.82, 2.24) is 14.9 Å². The predicted molar refractivity (Wildman–Crippen MR) is 70.6 cm³/mol. The fourth-order valence-corrected chi connectivity index (χ4v) is 1.83. The average Bonchev–Trinajstić information content (AvgIpc) is 2.40. The highest BCUT2D eigenvalue weighted by Crippen LogP contribution is 2.07. The zero-order valence-electron chi connectivity index (χ0n) is 10.7. The van der Waals surface area contributed by atoms with Gasteiger partial charge in [-0.3, -0.25) is 9.88 Å². The fraction of sp³-hybridized carbons (Fsp3) is 0.214. The quantitative estimate of drug-likeness (QED) is 0.884. The van der Waals surface area contributed by atoms with Gasteiger partial charge in [-0.15, -0.1) is 0 Å². The van der Waals surface area contributed by atoms with Crippen molar-refractivity contribution in [2.45, 2.75) is 13.1 Å². The second kappa shape index (κ2) is 6.06. The lowest BCUT2D eigenvalue weighted by Crippen LogP contribution is -2.18. The van der Waals surface area contributed by atoms with E-state index in [0.29, 0.717) is 13.1 Å². The van der Waals surface area contributed by atoms with Crippen LogP contribution in [0.25, 0.3) is 0 Å². The summed E-state index contributed by atoms with van der Waals surface area (Å²) in [5.41, 5.74) is 1.98. The Morgan fingerprint density at radius 3 is 2.74 bits per heavy atom. The Balaban J connectivity index is 2.01. The van der Waals surface area contributed by atoms with Crippen molar-refractivity contribution in [3.8, 4) is 0 Å². The Kier molecular flexibility index (Phi) is 4.20. The number of rotatable bonds is 5. The molecule has 0 aliphatic heterocycles. The highest BCUT2D eigenvalue weighted by atomic mass is 16.4. The molecule has 0 radical (unpaired) electrons. The third-order valence-electron chi connectivity index (χ3n) is 2.65. The highest BCUT2D eigenvalue weighted by Gasteiger charge is 2.07. The number of carboxylic acids is 1. The van der Waals surface area contributed by atoms with E-state index in [1.54, 1.807) is 12.3 Å². The minimum absolute atomic E-state index is 0.0729. The number of hydrogen-bond acceptors (Lipinski definition) is 4. The number of aromatic carboxylic acids is 1. The third kappa shape index (κ3) is 3.86. The summed E-state index contributed by atoms with van der Waals surface area (Å²) in [5.74, 6) is -1.01. The molecular weight excluding hydrogens is 242 g/mol. The third-order valence-corrected chi connectivity index (χ3v) is 2.65. The molecule has 0 aromatic carbocycles. The van der Waals surface area contributed by atoms with E-state index in [2.05, 4.69) is 14.9 Å². The molecule has 0 bridgehead atoms. The number of nitrogens with zero attached hydrogens (tertiary/aromatic N) is 3. The Labute approximate surface area is 111 Å². The number of carboxylic acid groups (broad SMARTS) is 1. The largest absolute Gasteiger partial charge is 0.477 e. The van der Waals surface area contributed by atoms with Gasteiger partial charge in [0.1, 0.15) is 5.69 Å². The fourth-order valence-electron chi connectivity index (χ4n) is 1.83. The second-order valence-electron chi connectivity index (χ2n) is 4.35. The summed E-state index contributed by atoms with van der Waals surface area (Å²) in [7, 11) is 1.97. The van der Waals surface area contributed by atoms with Gasteiger partial charge in [-0.2, -0.15) is 0 Å². The molecule has 0 atom stereocenters. The van der Waals surface area contributed by atoms with Crippen LogP contribution in [0.3, 0.4) is 0 Å². The standard InChI is InChI=1S/C14H15N3O2/c1-17(10-12-4-2-3-6-15-12)9-11-5-7-16-13(8-11)14(18)19/h2-8H,9-10H2,1H3,(H,18,19). The van der Waals surface area contributed by atoms with E-state index in [9.17, 15) is 4.79 Å². The van der Waals surface area contributed by atoms with E-state index in [4.69, 9.17) is 5.11 Å². The summed E-state index contributed by atoms with van der Waals surface area (Å²) in [6.07, 6.45) is 3.28. The van der Waals surface area contributed by atoms with Gasteiger partial charge < -0.3 is 5.11 Å². The molecule has 1 N–H and O–H groups in total. The minimum Gasteiger partial charge on any atom is -0.477 e. The van der Waals surface area contributed by atoms with Crippen molar-refractivity contribution in [2.24, 2.45) is 0 Å². The molecule has 5 heteroatoms. The topological polar surface area (TPSA) is 66.3 Å². The van der Waals surface area contributed by atoms with Crippen LogP contribution in [0.4, 0.5) is 0 Å². The smallest absolute Gasteiger partial charge is 0.354 e. The van der Waals surface area contributed by atoms with Crippen LogP contribution in [0.1, 0.15) is 21.7 Å². The van der Waals surface area contributed by atoms with E-state index < -0.39 is 5.97 Å². The van der Waals surface area contributed by atoms with Crippen LogP contribution in [0.5, 0.6) is 0 Å². The van der Waals surface area contributed by atoms with E-state index in [-0.39, 0.29) is 5.69 Å². The Morgan fingerprint density at radius 2 is 2.05 bits per heavy atom. The monoisotopic (exact) mass is 257 g/mol. The van der Waals surface area contributed by atoms with Gasteiger partial charge in [-0.25, -0.2) is 9.78 Å². The lowest BCUT2D eigenvalue weighted by molar-refractivity contribution is 0.0690. The normalized spacial score (nSPS) is 10.6. The minimum atomic E-state index is -1.01. The summed E-state index contributed by atoms with van der Waals surface area (Å²) in [6.45, 7) is 1.37. The first-order valence-corrected chi connectivity index (χ1v) is 5.92. The molecule has 0 fully saturated rings. The lowest BCUT2D eigenvalue weighted by Gasteiger charge is -2.16. The molecule has 98 valence electrons. The SMILES string of the molecule is CN(Cc1ccnc(C(=O)O)c1)Cc1ccccn1. The molecule has 0 amide bonds. The second-order valence-corrected chi connectivity index (χ2v) is 4.35. The molecule has 0 aliphatic carbocycles. The van der Waals surface area contributed by atoms with Gasteiger partial charge in [-0.05, 0) is 36.9 Å². The van der Waals surface area contributed by atoms with Crippen molar-refractivity contribution in [2.75, 3.05) is 7.05 Å². The molecule has 2 heterocycles. The number of carbonyl (C=O) groups is 1. The molecule has 19 heavy (non-hydrogen) atoms. The van der Waals surface area contributed by atoms with Crippen molar-refractivity contribution >= 4 is 5.97 Å². The van der Waals surface area contributed by atoms with Crippen LogP contribution < -0.4 is 0 Å². The Morgan fingerprint density at radius 1 is 1.21 bits per heavy atom. The molecule has 0 aliphatic rings. The molecule has 5 nitrogen and oxygen atoms in total. The molecular formula is C14H15N3O2. The summed E-state index contributed by atoms with van der Waals surface area (Å²) < 4.78 is 0. The van der Waals surface area contributed by atoms with Crippen molar-refractivity contribution < 1.29 is 9.90 Å². The summed E-state index contributed by atoms with van der Waals surface area (Å²) in [5, 5.41) is 8.89. The Hall–Kier alpha value is -2.27. The number of hydrogen-bond donors (Lipinski definition) is 1. The first kappa shape index (κ1) is 13.2. The molecule has 0 saturated heterocycles. The van der Waals surface area contributed by atoms with Crippen LogP contribution in [0.2, 0.25) is 0 Å². The van der Waals surface area contributed by atoms with Gasteiger partial charge in [0, 0.05) is 25.5 Å². The summed E-state index contributed by atoms with van der Waals surface area (Å²) >= 11 is 0.